The maximum Gasteiger partial charge on any atom is 0.0659 e. The standard InChI is InChI=1S/C17H17Br2Cl/c1-2-3-5-12-8-10-13(11-9-12)16(19)14-6-4-7-15(18)17(14)20/h4,6-11,16H,2-3,5H2,1H3. The molecule has 0 nitrogen and oxygen atoms in total. The maximum atomic E-state index is 6.36. The van der Waals surface area contributed by atoms with Crippen molar-refractivity contribution in [1.29, 1.82) is 0 Å². The second-order valence-corrected chi connectivity index (χ2v) is 7.00. The van der Waals surface area contributed by atoms with Crippen LogP contribution in [0.1, 0.15) is 41.3 Å². The first-order valence-corrected chi connectivity index (χ1v) is 8.89. The molecule has 0 spiro atoms. The molecule has 0 aliphatic rings. The lowest BCUT2D eigenvalue weighted by Gasteiger charge is -2.14. The third kappa shape index (κ3) is 3.87. The largest absolute Gasteiger partial charge is 0.0827 e. The number of unbranched alkanes of at least 4 members (excludes halogenated alkanes) is 1. The van der Waals surface area contributed by atoms with Gasteiger partial charge in [0, 0.05) is 4.47 Å². The van der Waals surface area contributed by atoms with Crippen LogP contribution in [0.4, 0.5) is 0 Å². The van der Waals surface area contributed by atoms with Gasteiger partial charge in [0.2, 0.25) is 0 Å². The van der Waals surface area contributed by atoms with E-state index in [0.29, 0.717) is 0 Å². The Kier molecular flexibility index (Phi) is 6.13. The Hall–Kier alpha value is -0.310. The van der Waals surface area contributed by atoms with Crippen LogP contribution in [-0.2, 0) is 6.42 Å². The molecule has 0 N–H and O–H groups in total. The van der Waals surface area contributed by atoms with Crippen LogP contribution >= 0.6 is 43.5 Å². The Balaban J connectivity index is 2.20. The van der Waals surface area contributed by atoms with E-state index in [1.54, 1.807) is 0 Å². The van der Waals surface area contributed by atoms with E-state index >= 15 is 0 Å². The summed E-state index contributed by atoms with van der Waals surface area (Å²) in [5.41, 5.74) is 3.71. The molecule has 0 fully saturated rings. The van der Waals surface area contributed by atoms with Crippen LogP contribution in [0, 0.1) is 0 Å². The average molecular weight is 417 g/mol. The van der Waals surface area contributed by atoms with Crippen molar-refractivity contribution in [3.63, 3.8) is 0 Å². The molecule has 1 unspecified atom stereocenters. The zero-order chi connectivity index (χ0) is 14.5. The van der Waals surface area contributed by atoms with E-state index in [-0.39, 0.29) is 4.83 Å². The molecule has 0 aliphatic heterocycles. The summed E-state index contributed by atoms with van der Waals surface area (Å²) in [6.07, 6.45) is 3.63. The lowest BCUT2D eigenvalue weighted by molar-refractivity contribution is 0.795. The molecule has 0 aliphatic carbocycles. The minimum Gasteiger partial charge on any atom is -0.0827 e. The van der Waals surface area contributed by atoms with E-state index in [1.165, 1.54) is 24.0 Å². The molecule has 3 heteroatoms. The van der Waals surface area contributed by atoms with Crippen molar-refractivity contribution in [1.82, 2.24) is 0 Å². The van der Waals surface area contributed by atoms with Gasteiger partial charge in [0.25, 0.3) is 0 Å². The van der Waals surface area contributed by atoms with Crippen LogP contribution in [-0.4, -0.2) is 0 Å². The maximum absolute atomic E-state index is 6.36. The van der Waals surface area contributed by atoms with Crippen molar-refractivity contribution in [3.05, 3.63) is 68.7 Å². The van der Waals surface area contributed by atoms with Gasteiger partial charge in [0.1, 0.15) is 0 Å². The second-order valence-electron chi connectivity index (χ2n) is 4.85. The van der Waals surface area contributed by atoms with E-state index < -0.39 is 0 Å². The Morgan fingerprint density at radius 2 is 1.80 bits per heavy atom. The molecule has 2 aromatic carbocycles. The summed E-state index contributed by atoms with van der Waals surface area (Å²) in [5, 5.41) is 0.768. The van der Waals surface area contributed by atoms with E-state index in [4.69, 9.17) is 11.6 Å². The Labute approximate surface area is 142 Å². The van der Waals surface area contributed by atoms with Gasteiger partial charge in [0.15, 0.2) is 0 Å². The summed E-state index contributed by atoms with van der Waals surface area (Å²) in [7, 11) is 0. The molecule has 2 aromatic rings. The SMILES string of the molecule is CCCCc1ccc(C(Br)c2cccc(Br)c2Cl)cc1. The van der Waals surface area contributed by atoms with Crippen molar-refractivity contribution in [3.8, 4) is 0 Å². The van der Waals surface area contributed by atoms with Crippen molar-refractivity contribution >= 4 is 43.5 Å². The van der Waals surface area contributed by atoms with Crippen LogP contribution in [0.2, 0.25) is 5.02 Å². The van der Waals surface area contributed by atoms with Gasteiger partial charge in [-0.1, -0.05) is 77.3 Å². The number of benzene rings is 2. The highest BCUT2D eigenvalue weighted by Gasteiger charge is 2.15. The highest BCUT2D eigenvalue weighted by atomic mass is 79.9. The zero-order valence-corrected chi connectivity index (χ0v) is 15.3. The molecule has 0 saturated heterocycles. The van der Waals surface area contributed by atoms with Gasteiger partial charge in [-0.3, -0.25) is 0 Å². The first-order valence-electron chi connectivity index (χ1n) is 6.80. The van der Waals surface area contributed by atoms with Gasteiger partial charge in [-0.15, -0.1) is 0 Å². The predicted octanol–water partition coefficient (Wildman–Crippen LogP) is 6.93. The normalized spacial score (nSPS) is 12.4. The minimum atomic E-state index is 0.118. The quantitative estimate of drug-likeness (QED) is 0.464. The Morgan fingerprint density at radius 3 is 2.45 bits per heavy atom. The van der Waals surface area contributed by atoms with E-state index in [2.05, 4.69) is 69.1 Å². The number of hydrogen-bond acceptors (Lipinski definition) is 0. The van der Waals surface area contributed by atoms with Crippen LogP contribution < -0.4 is 0 Å². The number of rotatable bonds is 5. The minimum absolute atomic E-state index is 0.118. The van der Waals surface area contributed by atoms with Crippen molar-refractivity contribution in [2.75, 3.05) is 0 Å². The third-order valence-electron chi connectivity index (χ3n) is 3.35. The summed E-state index contributed by atoms with van der Waals surface area (Å²) >= 11 is 13.6. The molecule has 0 radical (unpaired) electrons. The van der Waals surface area contributed by atoms with Gasteiger partial charge in [-0.05, 0) is 51.5 Å². The van der Waals surface area contributed by atoms with Crippen molar-refractivity contribution in [2.24, 2.45) is 0 Å². The molecule has 20 heavy (non-hydrogen) atoms. The molecule has 0 aromatic heterocycles. The molecule has 1 atom stereocenters. The summed E-state index contributed by atoms with van der Waals surface area (Å²) in [4.78, 5) is 0.118. The van der Waals surface area contributed by atoms with Gasteiger partial charge in [-0.25, -0.2) is 0 Å². The number of halogens is 3. The van der Waals surface area contributed by atoms with Crippen molar-refractivity contribution < 1.29 is 0 Å². The molecule has 0 saturated carbocycles. The summed E-state index contributed by atoms with van der Waals surface area (Å²) in [5.74, 6) is 0. The van der Waals surface area contributed by atoms with E-state index in [1.807, 2.05) is 12.1 Å². The van der Waals surface area contributed by atoms with Gasteiger partial charge < -0.3 is 0 Å². The van der Waals surface area contributed by atoms with Crippen LogP contribution in [0.25, 0.3) is 0 Å². The van der Waals surface area contributed by atoms with Crippen LogP contribution in [0.3, 0.4) is 0 Å². The molecular formula is C17H17Br2Cl. The predicted molar refractivity (Wildman–Crippen MR) is 95.0 cm³/mol. The second kappa shape index (κ2) is 7.63. The van der Waals surface area contributed by atoms with Crippen LogP contribution in [0.5, 0.6) is 0 Å². The molecular weight excluding hydrogens is 399 g/mol. The number of alkyl halides is 1. The molecule has 106 valence electrons. The number of aryl methyl sites for hydroxylation is 1. The summed E-state index contributed by atoms with van der Waals surface area (Å²) < 4.78 is 0.931. The lowest BCUT2D eigenvalue weighted by Crippen LogP contribution is -1.95. The van der Waals surface area contributed by atoms with E-state index in [9.17, 15) is 0 Å². The molecule has 0 heterocycles. The van der Waals surface area contributed by atoms with Crippen molar-refractivity contribution in [2.45, 2.75) is 31.0 Å². The third-order valence-corrected chi connectivity index (χ3v) is 5.68. The fourth-order valence-electron chi connectivity index (χ4n) is 2.13. The molecule has 0 bridgehead atoms. The van der Waals surface area contributed by atoms with E-state index in [0.717, 1.165) is 21.5 Å². The highest BCUT2D eigenvalue weighted by Crippen LogP contribution is 2.38. The Morgan fingerprint density at radius 1 is 1.10 bits per heavy atom. The molecule has 0 amide bonds. The van der Waals surface area contributed by atoms with Gasteiger partial charge >= 0.3 is 0 Å². The smallest absolute Gasteiger partial charge is 0.0659 e. The van der Waals surface area contributed by atoms with Crippen LogP contribution in [0.15, 0.2) is 46.9 Å². The summed E-state index contributed by atoms with van der Waals surface area (Å²) in [6, 6.07) is 14.8. The fraction of sp³-hybridized carbons (Fsp3) is 0.294. The fourth-order valence-corrected chi connectivity index (χ4v) is 3.57. The first-order chi connectivity index (χ1) is 9.63. The topological polar surface area (TPSA) is 0 Å². The highest BCUT2D eigenvalue weighted by molar-refractivity contribution is 9.10. The first kappa shape index (κ1) is 16.1. The van der Waals surface area contributed by atoms with Gasteiger partial charge in [-0.2, -0.15) is 0 Å². The molecule has 2 rings (SSSR count). The monoisotopic (exact) mass is 414 g/mol. The Bertz CT molecular complexity index is 564. The number of hydrogen-bond donors (Lipinski definition) is 0. The summed E-state index contributed by atoms with van der Waals surface area (Å²) in [6.45, 7) is 2.22. The lowest BCUT2D eigenvalue weighted by atomic mass is 10.0. The zero-order valence-electron chi connectivity index (χ0n) is 11.4. The van der Waals surface area contributed by atoms with Gasteiger partial charge in [0.05, 0.1) is 9.85 Å². The average Bonchev–Trinajstić information content (AvgIpc) is 2.48.